The second-order valence-corrected chi connectivity index (χ2v) is 6.64. The van der Waals surface area contributed by atoms with Gasteiger partial charge in [0.2, 0.25) is 0 Å². The van der Waals surface area contributed by atoms with Gasteiger partial charge in [-0.1, -0.05) is 26.7 Å². The van der Waals surface area contributed by atoms with Gasteiger partial charge in [0.15, 0.2) is 6.29 Å². The molecule has 0 spiro atoms. The first-order chi connectivity index (χ1) is 12.1. The third-order valence-electron chi connectivity index (χ3n) is 3.72. The Morgan fingerprint density at radius 1 is 1.08 bits per heavy atom. The summed E-state index contributed by atoms with van der Waals surface area (Å²) in [5, 5.41) is 28.6. The number of rotatable bonds is 8. The van der Waals surface area contributed by atoms with Crippen molar-refractivity contribution in [1.29, 1.82) is 0 Å². The predicted octanol–water partition coefficient (Wildman–Crippen LogP) is -1.10. The number of phosphoric ester groups is 1. The number of aliphatic hydroxyl groups is 3. The Balaban J connectivity index is 0.000000758. The van der Waals surface area contributed by atoms with Gasteiger partial charge >= 0.3 is 7.82 Å². The van der Waals surface area contributed by atoms with Gasteiger partial charge in [-0.2, -0.15) is 0 Å². The summed E-state index contributed by atoms with van der Waals surface area (Å²) in [6, 6.07) is 0. The molecule has 11 heteroatoms. The lowest BCUT2D eigenvalue weighted by Crippen LogP contribution is -2.59. The highest BCUT2D eigenvalue weighted by atomic mass is 31.2. The van der Waals surface area contributed by atoms with E-state index in [0.29, 0.717) is 0 Å². The fourth-order valence-corrected chi connectivity index (χ4v) is 2.63. The van der Waals surface area contributed by atoms with E-state index < -0.39 is 38.5 Å². The van der Waals surface area contributed by atoms with E-state index in [1.165, 1.54) is 19.6 Å². The molecular formula is C15H30NO9P. The molecule has 0 radical (unpaired) electrons. The zero-order valence-electron chi connectivity index (χ0n) is 15.3. The van der Waals surface area contributed by atoms with Crippen LogP contribution in [0.4, 0.5) is 0 Å². The van der Waals surface area contributed by atoms with E-state index in [2.05, 4.69) is 36.1 Å². The van der Waals surface area contributed by atoms with E-state index in [9.17, 15) is 19.9 Å². The molecule has 1 heterocycles. The first kappa shape index (κ1) is 25.4. The molecule has 1 saturated heterocycles. The monoisotopic (exact) mass is 399 g/mol. The fraction of sp³-hybridized carbons (Fsp3) is 0.867. The average Bonchev–Trinajstić information content (AvgIpc) is 2.58. The van der Waals surface area contributed by atoms with E-state index in [0.717, 1.165) is 0 Å². The van der Waals surface area contributed by atoms with Gasteiger partial charge in [-0.05, 0) is 19.6 Å². The first-order valence-corrected chi connectivity index (χ1v) is 9.81. The van der Waals surface area contributed by atoms with E-state index >= 15 is 0 Å². The van der Waals surface area contributed by atoms with Crippen LogP contribution in [0.1, 0.15) is 20.8 Å². The minimum atomic E-state index is -4.93. The quantitative estimate of drug-likeness (QED) is 0.193. The SMILES string of the molecule is C#CCOC[C@H]1OC(OP(=O)(O)O)[C@H](O)[C@@H](O)[C@H]1O.CCN(CC)CC. The van der Waals surface area contributed by atoms with Gasteiger partial charge in [0.25, 0.3) is 0 Å². The molecular weight excluding hydrogens is 369 g/mol. The molecule has 1 aliphatic heterocycles. The molecule has 154 valence electrons. The Hall–Kier alpha value is -0.570. The average molecular weight is 399 g/mol. The van der Waals surface area contributed by atoms with Crippen LogP contribution in [0.2, 0.25) is 0 Å². The normalized spacial score (nSPS) is 29.0. The van der Waals surface area contributed by atoms with Gasteiger partial charge in [0.05, 0.1) is 6.61 Å². The van der Waals surface area contributed by atoms with Gasteiger partial charge in [0.1, 0.15) is 31.0 Å². The second-order valence-electron chi connectivity index (χ2n) is 5.45. The molecule has 0 aromatic heterocycles. The summed E-state index contributed by atoms with van der Waals surface area (Å²) in [7, 11) is -4.93. The van der Waals surface area contributed by atoms with E-state index in [1.807, 2.05) is 0 Å². The summed E-state index contributed by atoms with van der Waals surface area (Å²) in [4.78, 5) is 19.6. The van der Waals surface area contributed by atoms with Crippen LogP contribution in [0.5, 0.6) is 0 Å². The summed E-state index contributed by atoms with van der Waals surface area (Å²) in [5.74, 6) is 2.16. The highest BCUT2D eigenvalue weighted by Crippen LogP contribution is 2.40. The van der Waals surface area contributed by atoms with Crippen molar-refractivity contribution in [3.05, 3.63) is 0 Å². The van der Waals surface area contributed by atoms with Crippen molar-refractivity contribution in [2.24, 2.45) is 0 Å². The third-order valence-corrected chi connectivity index (χ3v) is 4.20. The summed E-state index contributed by atoms with van der Waals surface area (Å²) < 4.78 is 24.7. The molecule has 0 aliphatic carbocycles. The lowest BCUT2D eigenvalue weighted by molar-refractivity contribution is -0.282. The summed E-state index contributed by atoms with van der Waals surface area (Å²) in [5.41, 5.74) is 0. The van der Waals surface area contributed by atoms with E-state index in [1.54, 1.807) is 0 Å². The minimum absolute atomic E-state index is 0.0742. The van der Waals surface area contributed by atoms with E-state index in [4.69, 9.17) is 25.7 Å². The van der Waals surface area contributed by atoms with Crippen LogP contribution in [0.3, 0.4) is 0 Å². The molecule has 0 amide bonds. The van der Waals surface area contributed by atoms with Crippen molar-refractivity contribution in [3.8, 4) is 12.3 Å². The number of terminal acetylenes is 1. The van der Waals surface area contributed by atoms with Crippen LogP contribution in [0.25, 0.3) is 0 Å². The zero-order valence-corrected chi connectivity index (χ0v) is 16.2. The van der Waals surface area contributed by atoms with E-state index in [-0.39, 0.29) is 13.2 Å². The molecule has 0 saturated carbocycles. The van der Waals surface area contributed by atoms with Gasteiger partial charge in [-0.25, -0.2) is 4.57 Å². The fourth-order valence-electron chi connectivity index (χ4n) is 2.18. The van der Waals surface area contributed by atoms with Gasteiger partial charge in [-0.3, -0.25) is 4.52 Å². The molecule has 1 aliphatic rings. The van der Waals surface area contributed by atoms with Crippen LogP contribution < -0.4 is 0 Å². The smallest absolute Gasteiger partial charge is 0.387 e. The molecule has 1 fully saturated rings. The van der Waals surface area contributed by atoms with Crippen LogP contribution >= 0.6 is 7.82 Å². The van der Waals surface area contributed by atoms with Crippen molar-refractivity contribution in [2.45, 2.75) is 51.5 Å². The largest absolute Gasteiger partial charge is 0.472 e. The molecule has 5 N–H and O–H groups in total. The third kappa shape index (κ3) is 9.39. The summed E-state index contributed by atoms with van der Waals surface area (Å²) >= 11 is 0. The van der Waals surface area contributed by atoms with Crippen LogP contribution in [0, 0.1) is 12.3 Å². The summed E-state index contributed by atoms with van der Waals surface area (Å²) in [6.07, 6.45) is -3.03. The minimum Gasteiger partial charge on any atom is -0.387 e. The number of ether oxygens (including phenoxy) is 2. The molecule has 0 aromatic carbocycles. The molecule has 0 aromatic rings. The maximum Gasteiger partial charge on any atom is 0.472 e. The Kier molecular flexibility index (Phi) is 12.5. The molecule has 26 heavy (non-hydrogen) atoms. The van der Waals surface area contributed by atoms with Crippen molar-refractivity contribution in [1.82, 2.24) is 4.90 Å². The first-order valence-electron chi connectivity index (χ1n) is 8.28. The predicted molar refractivity (Wildman–Crippen MR) is 92.9 cm³/mol. The number of aliphatic hydroxyl groups excluding tert-OH is 3. The number of hydrogen-bond acceptors (Lipinski definition) is 8. The topological polar surface area (TPSA) is 149 Å². The highest BCUT2D eigenvalue weighted by Gasteiger charge is 2.46. The van der Waals surface area contributed by atoms with Crippen molar-refractivity contribution in [2.75, 3.05) is 32.8 Å². The van der Waals surface area contributed by atoms with Gasteiger partial charge < -0.3 is 39.5 Å². The van der Waals surface area contributed by atoms with Crippen molar-refractivity contribution >= 4 is 7.82 Å². The van der Waals surface area contributed by atoms with Crippen molar-refractivity contribution < 1.29 is 43.7 Å². The van der Waals surface area contributed by atoms with Gasteiger partial charge in [0, 0.05) is 0 Å². The number of nitrogens with zero attached hydrogens (tertiary/aromatic N) is 1. The standard InChI is InChI=1S/C9H15O9P.C6H15N/c1-2-3-16-4-5-6(10)7(11)8(12)9(17-5)18-19(13,14)15;1-4-7(5-2)6-3/h1,5-12H,3-4H2,(H2,13,14,15);4-6H2,1-3H3/t5-,6+,7+,8-,9?;/m1./s1. The Labute approximate surface area is 153 Å². The second kappa shape index (κ2) is 12.8. The number of hydrogen-bond donors (Lipinski definition) is 5. The molecule has 0 bridgehead atoms. The highest BCUT2D eigenvalue weighted by molar-refractivity contribution is 7.46. The number of phosphoric acid groups is 1. The Morgan fingerprint density at radius 2 is 1.62 bits per heavy atom. The van der Waals surface area contributed by atoms with Crippen LogP contribution in [-0.2, 0) is 18.6 Å². The zero-order chi connectivity index (χ0) is 20.3. The lowest BCUT2D eigenvalue weighted by atomic mass is 9.99. The van der Waals surface area contributed by atoms with Gasteiger partial charge in [-0.15, -0.1) is 6.42 Å². The maximum atomic E-state index is 10.7. The molecule has 10 nitrogen and oxygen atoms in total. The summed E-state index contributed by atoms with van der Waals surface area (Å²) in [6.45, 7) is 9.81. The molecule has 1 rings (SSSR count). The maximum absolute atomic E-state index is 10.7. The Bertz CT molecular complexity index is 457. The van der Waals surface area contributed by atoms with Crippen molar-refractivity contribution in [3.63, 3.8) is 0 Å². The van der Waals surface area contributed by atoms with Crippen LogP contribution in [-0.4, -0.2) is 93.6 Å². The van der Waals surface area contributed by atoms with Crippen LogP contribution in [0.15, 0.2) is 0 Å². The molecule has 1 unspecified atom stereocenters. The molecule has 5 atom stereocenters. The lowest BCUT2D eigenvalue weighted by Gasteiger charge is -2.39. The Morgan fingerprint density at radius 3 is 2.00 bits per heavy atom.